The average Bonchev–Trinajstić information content (AvgIpc) is 2.54. The molecule has 1 aliphatic heterocycles. The van der Waals surface area contributed by atoms with Gasteiger partial charge in [-0.15, -0.1) is 0 Å². The van der Waals surface area contributed by atoms with Crippen LogP contribution >= 0.6 is 0 Å². The molecule has 21 heavy (non-hydrogen) atoms. The highest BCUT2D eigenvalue weighted by Crippen LogP contribution is 2.23. The van der Waals surface area contributed by atoms with E-state index in [0.717, 1.165) is 12.0 Å². The van der Waals surface area contributed by atoms with Gasteiger partial charge in [0, 0.05) is 0 Å². The molecule has 114 valence electrons. The molecule has 1 aromatic rings. The van der Waals surface area contributed by atoms with Gasteiger partial charge in [0.1, 0.15) is 6.61 Å². The van der Waals surface area contributed by atoms with Gasteiger partial charge in [0.15, 0.2) is 6.10 Å². The number of benzene rings is 1. The fraction of sp³-hybridized carbons (Fsp3) is 0.500. The second kappa shape index (κ2) is 7.78. The van der Waals surface area contributed by atoms with Crippen LogP contribution in [0.15, 0.2) is 30.3 Å². The number of hydrogen-bond donors (Lipinski definition) is 0. The van der Waals surface area contributed by atoms with E-state index in [4.69, 9.17) is 9.47 Å². The molecule has 5 nitrogen and oxygen atoms in total. The van der Waals surface area contributed by atoms with Gasteiger partial charge in [-0.3, -0.25) is 4.79 Å². The Kier molecular flexibility index (Phi) is 5.75. The molecule has 5 heteroatoms. The Balaban J connectivity index is 1.68. The third-order valence-electron chi connectivity index (χ3n) is 3.53. The molecule has 0 aliphatic carbocycles. The Hall–Kier alpha value is -1.88. The van der Waals surface area contributed by atoms with Gasteiger partial charge >= 0.3 is 11.9 Å². The van der Waals surface area contributed by atoms with Crippen LogP contribution in [0, 0.1) is 5.92 Å². The molecule has 0 radical (unpaired) electrons. The molecule has 0 saturated carbocycles. The Labute approximate surface area is 124 Å². The number of carbonyl (C=O) groups excluding carboxylic acids is 2. The van der Waals surface area contributed by atoms with Crippen molar-refractivity contribution in [2.45, 2.75) is 32.0 Å². The highest BCUT2D eigenvalue weighted by atomic mass is 16.6. The fourth-order valence-corrected chi connectivity index (χ4v) is 2.32. The zero-order valence-electron chi connectivity index (χ0n) is 12.1. The van der Waals surface area contributed by atoms with Crippen LogP contribution in [0.2, 0.25) is 0 Å². The van der Waals surface area contributed by atoms with E-state index in [1.54, 1.807) is 0 Å². The molecule has 1 fully saturated rings. The molecule has 0 N–H and O–H groups in total. The standard InChI is InChI=1S/C16H20O5/c1-19-16(18)14-8-7-13(11-20-14)9-15(17)21-10-12-5-3-2-4-6-12/h2-6,13-14H,7-11H2,1H3/t13-,14-/m0/s1. The van der Waals surface area contributed by atoms with Crippen LogP contribution in [0.1, 0.15) is 24.8 Å². The maximum absolute atomic E-state index is 11.8. The lowest BCUT2D eigenvalue weighted by Gasteiger charge is -2.26. The van der Waals surface area contributed by atoms with Crippen LogP contribution in [0.5, 0.6) is 0 Å². The molecule has 0 aromatic heterocycles. The lowest BCUT2D eigenvalue weighted by atomic mass is 9.95. The summed E-state index contributed by atoms with van der Waals surface area (Å²) in [4.78, 5) is 23.1. The molecule has 1 aliphatic rings. The molecule has 2 atom stereocenters. The first-order chi connectivity index (χ1) is 10.2. The zero-order chi connectivity index (χ0) is 15.1. The first-order valence-electron chi connectivity index (χ1n) is 7.08. The highest BCUT2D eigenvalue weighted by molar-refractivity contribution is 5.74. The van der Waals surface area contributed by atoms with E-state index in [9.17, 15) is 9.59 Å². The summed E-state index contributed by atoms with van der Waals surface area (Å²) >= 11 is 0. The molecular formula is C16H20O5. The second-order valence-electron chi connectivity index (χ2n) is 5.14. The van der Waals surface area contributed by atoms with Crippen LogP contribution in [-0.2, 0) is 30.4 Å². The second-order valence-corrected chi connectivity index (χ2v) is 5.14. The Morgan fingerprint density at radius 3 is 2.62 bits per heavy atom. The van der Waals surface area contributed by atoms with Gasteiger partial charge in [0.2, 0.25) is 0 Å². The van der Waals surface area contributed by atoms with Crippen molar-refractivity contribution >= 4 is 11.9 Å². The minimum absolute atomic E-state index is 0.106. The summed E-state index contributed by atoms with van der Waals surface area (Å²) in [7, 11) is 1.35. The van der Waals surface area contributed by atoms with E-state index in [2.05, 4.69) is 4.74 Å². The Bertz CT molecular complexity index is 463. The maximum Gasteiger partial charge on any atom is 0.334 e. The van der Waals surface area contributed by atoms with E-state index in [1.165, 1.54) is 7.11 Å². The van der Waals surface area contributed by atoms with Gasteiger partial charge in [0.05, 0.1) is 20.1 Å². The van der Waals surface area contributed by atoms with Crippen molar-refractivity contribution in [3.05, 3.63) is 35.9 Å². The predicted molar refractivity (Wildman–Crippen MR) is 75.3 cm³/mol. The zero-order valence-corrected chi connectivity index (χ0v) is 12.1. The van der Waals surface area contributed by atoms with Crippen LogP contribution < -0.4 is 0 Å². The van der Waals surface area contributed by atoms with Crippen LogP contribution in [-0.4, -0.2) is 31.8 Å². The van der Waals surface area contributed by atoms with Crippen molar-refractivity contribution < 1.29 is 23.8 Å². The SMILES string of the molecule is COC(=O)[C@@H]1CC[C@@H](CC(=O)OCc2ccccc2)CO1. The summed E-state index contributed by atoms with van der Waals surface area (Å²) in [5.41, 5.74) is 0.969. The van der Waals surface area contributed by atoms with E-state index in [0.29, 0.717) is 19.4 Å². The highest BCUT2D eigenvalue weighted by Gasteiger charge is 2.29. The van der Waals surface area contributed by atoms with Crippen LogP contribution in [0.3, 0.4) is 0 Å². The number of rotatable bonds is 5. The van der Waals surface area contributed by atoms with E-state index < -0.39 is 6.10 Å². The summed E-state index contributed by atoms with van der Waals surface area (Å²) in [6, 6.07) is 9.56. The lowest BCUT2D eigenvalue weighted by molar-refractivity contribution is -0.160. The lowest BCUT2D eigenvalue weighted by Crippen LogP contribution is -2.34. The largest absolute Gasteiger partial charge is 0.467 e. The summed E-state index contributed by atoms with van der Waals surface area (Å²) in [5, 5.41) is 0. The minimum atomic E-state index is -0.494. The predicted octanol–water partition coefficient (Wildman–Crippen LogP) is 2.09. The molecule has 0 unspecified atom stereocenters. The molecule has 1 heterocycles. The monoisotopic (exact) mass is 292 g/mol. The summed E-state index contributed by atoms with van der Waals surface area (Å²) in [5.74, 6) is -0.474. The topological polar surface area (TPSA) is 61.8 Å². The first-order valence-corrected chi connectivity index (χ1v) is 7.08. The molecular weight excluding hydrogens is 272 g/mol. The summed E-state index contributed by atoms with van der Waals surface area (Å²) < 4.78 is 15.3. The van der Waals surface area contributed by atoms with Gasteiger partial charge in [-0.05, 0) is 24.3 Å². The number of methoxy groups -OCH3 is 1. The number of ether oxygens (including phenoxy) is 3. The maximum atomic E-state index is 11.8. The quantitative estimate of drug-likeness (QED) is 0.778. The van der Waals surface area contributed by atoms with Crippen LogP contribution in [0.4, 0.5) is 0 Å². The molecule has 2 rings (SSSR count). The van der Waals surface area contributed by atoms with E-state index in [1.807, 2.05) is 30.3 Å². The average molecular weight is 292 g/mol. The fourth-order valence-electron chi connectivity index (χ4n) is 2.32. The molecule has 0 amide bonds. The molecule has 1 saturated heterocycles. The normalized spacial score (nSPS) is 21.6. The van der Waals surface area contributed by atoms with E-state index in [-0.39, 0.29) is 24.5 Å². The molecule has 0 spiro atoms. The smallest absolute Gasteiger partial charge is 0.334 e. The van der Waals surface area contributed by atoms with Crippen molar-refractivity contribution in [3.8, 4) is 0 Å². The Morgan fingerprint density at radius 2 is 2.00 bits per heavy atom. The first kappa shape index (κ1) is 15.5. The Morgan fingerprint density at radius 1 is 1.24 bits per heavy atom. The van der Waals surface area contributed by atoms with Gasteiger partial charge in [-0.25, -0.2) is 4.79 Å². The van der Waals surface area contributed by atoms with Gasteiger partial charge < -0.3 is 14.2 Å². The minimum Gasteiger partial charge on any atom is -0.467 e. The number of carbonyl (C=O) groups is 2. The number of hydrogen-bond acceptors (Lipinski definition) is 5. The van der Waals surface area contributed by atoms with Crippen molar-refractivity contribution in [1.82, 2.24) is 0 Å². The van der Waals surface area contributed by atoms with Crippen molar-refractivity contribution in [1.29, 1.82) is 0 Å². The molecule has 1 aromatic carbocycles. The van der Waals surface area contributed by atoms with Gasteiger partial charge in [-0.2, -0.15) is 0 Å². The van der Waals surface area contributed by atoms with Crippen molar-refractivity contribution in [2.75, 3.05) is 13.7 Å². The third-order valence-corrected chi connectivity index (χ3v) is 3.53. The summed E-state index contributed by atoms with van der Waals surface area (Å²) in [6.45, 7) is 0.679. The van der Waals surface area contributed by atoms with Gasteiger partial charge in [0.25, 0.3) is 0 Å². The van der Waals surface area contributed by atoms with Gasteiger partial charge in [-0.1, -0.05) is 30.3 Å². The van der Waals surface area contributed by atoms with Crippen LogP contribution in [0.25, 0.3) is 0 Å². The number of esters is 2. The van der Waals surface area contributed by atoms with Crippen molar-refractivity contribution in [2.24, 2.45) is 5.92 Å². The van der Waals surface area contributed by atoms with Crippen molar-refractivity contribution in [3.63, 3.8) is 0 Å². The molecule has 0 bridgehead atoms. The van der Waals surface area contributed by atoms with E-state index >= 15 is 0 Å². The summed E-state index contributed by atoms with van der Waals surface area (Å²) in [6.07, 6.45) is 1.18. The third kappa shape index (κ3) is 4.86.